The molecular formula is C20H20N2O3. The molecule has 0 radical (unpaired) electrons. The third-order valence-electron chi connectivity index (χ3n) is 4.11. The van der Waals surface area contributed by atoms with Gasteiger partial charge in [-0.2, -0.15) is 0 Å². The number of carbonyl (C=O) groups is 2. The molecule has 2 aromatic carbocycles. The van der Waals surface area contributed by atoms with Gasteiger partial charge in [-0.25, -0.2) is 0 Å². The molecule has 1 aliphatic heterocycles. The number of esters is 1. The van der Waals surface area contributed by atoms with Gasteiger partial charge in [-0.1, -0.05) is 60.2 Å². The van der Waals surface area contributed by atoms with Crippen LogP contribution in [-0.4, -0.2) is 24.3 Å². The fourth-order valence-electron chi connectivity index (χ4n) is 2.83. The minimum absolute atomic E-state index is 0.221. The first kappa shape index (κ1) is 16.9. The molecule has 1 aliphatic rings. The zero-order chi connectivity index (χ0) is 17.8. The minimum Gasteiger partial charge on any atom is -0.465 e. The van der Waals surface area contributed by atoms with E-state index in [-0.39, 0.29) is 6.61 Å². The summed E-state index contributed by atoms with van der Waals surface area (Å²) in [5, 5.41) is 2.74. The van der Waals surface area contributed by atoms with Crippen molar-refractivity contribution in [3.05, 3.63) is 71.3 Å². The van der Waals surface area contributed by atoms with Crippen LogP contribution in [0.4, 0.5) is 0 Å². The van der Waals surface area contributed by atoms with Gasteiger partial charge in [0.2, 0.25) is 5.91 Å². The summed E-state index contributed by atoms with van der Waals surface area (Å²) in [5.41, 5.74) is 2.71. The number of hydrogen-bond acceptors (Lipinski definition) is 4. The number of nitrogens with zero attached hydrogens (tertiary/aromatic N) is 1. The molecule has 0 aliphatic carbocycles. The van der Waals surface area contributed by atoms with Gasteiger partial charge in [-0.05, 0) is 19.4 Å². The van der Waals surface area contributed by atoms with Crippen LogP contribution in [0.1, 0.15) is 29.7 Å². The Kier molecular flexibility index (Phi) is 4.93. The van der Waals surface area contributed by atoms with E-state index in [1.165, 1.54) is 0 Å². The maximum absolute atomic E-state index is 12.7. The van der Waals surface area contributed by atoms with Gasteiger partial charge in [-0.3, -0.25) is 14.6 Å². The number of ether oxygens (including phenoxy) is 1. The van der Waals surface area contributed by atoms with Gasteiger partial charge in [0.15, 0.2) is 5.92 Å². The molecule has 0 aromatic heterocycles. The molecule has 1 amide bonds. The van der Waals surface area contributed by atoms with E-state index in [1.807, 2.05) is 61.5 Å². The molecule has 0 saturated carbocycles. The van der Waals surface area contributed by atoms with Gasteiger partial charge in [0.05, 0.1) is 12.6 Å². The van der Waals surface area contributed by atoms with Crippen molar-refractivity contribution in [3.63, 3.8) is 0 Å². The number of hydrogen-bond donors (Lipinski definition) is 1. The molecule has 128 valence electrons. The van der Waals surface area contributed by atoms with E-state index in [0.29, 0.717) is 5.84 Å². The maximum Gasteiger partial charge on any atom is 0.321 e. The standard InChI is InChI=1S/C20H20N2O3/c1-3-25-20(24)16-17(14-11-9-13(2)10-12-14)21-18(22-19(16)23)15-7-5-4-6-8-15/h4-12,16-17H,3H2,1-2H3,(H,21,22,23)/t16-,17+/m1/s1. The maximum atomic E-state index is 12.7. The van der Waals surface area contributed by atoms with Crippen LogP contribution < -0.4 is 5.32 Å². The Bertz CT molecular complexity index is 797. The van der Waals surface area contributed by atoms with Crippen LogP contribution in [0.5, 0.6) is 0 Å². The molecule has 2 aromatic rings. The van der Waals surface area contributed by atoms with Crippen molar-refractivity contribution in [1.29, 1.82) is 0 Å². The summed E-state index contributed by atoms with van der Waals surface area (Å²) in [4.78, 5) is 29.7. The van der Waals surface area contributed by atoms with Gasteiger partial charge in [0, 0.05) is 5.56 Å². The molecule has 1 heterocycles. The van der Waals surface area contributed by atoms with Crippen molar-refractivity contribution in [1.82, 2.24) is 5.32 Å². The first-order valence-corrected chi connectivity index (χ1v) is 8.27. The summed E-state index contributed by atoms with van der Waals surface area (Å²) in [6.07, 6.45) is 0. The molecule has 0 unspecified atom stereocenters. The molecule has 3 rings (SSSR count). The van der Waals surface area contributed by atoms with Gasteiger partial charge >= 0.3 is 5.97 Å². The van der Waals surface area contributed by atoms with Gasteiger partial charge in [-0.15, -0.1) is 0 Å². The predicted octanol–water partition coefficient (Wildman–Crippen LogP) is 2.79. The Hall–Kier alpha value is -2.95. The first-order valence-electron chi connectivity index (χ1n) is 8.27. The van der Waals surface area contributed by atoms with Crippen molar-refractivity contribution in [2.45, 2.75) is 19.9 Å². The summed E-state index contributed by atoms with van der Waals surface area (Å²) < 4.78 is 5.10. The quantitative estimate of drug-likeness (QED) is 0.689. The Morgan fingerprint density at radius 3 is 2.44 bits per heavy atom. The third kappa shape index (κ3) is 3.60. The normalized spacial score (nSPS) is 19.8. The highest BCUT2D eigenvalue weighted by atomic mass is 16.5. The van der Waals surface area contributed by atoms with E-state index in [9.17, 15) is 9.59 Å². The lowest BCUT2D eigenvalue weighted by Gasteiger charge is -2.28. The first-order chi connectivity index (χ1) is 12.1. The summed E-state index contributed by atoms with van der Waals surface area (Å²) in [6, 6.07) is 16.5. The molecule has 2 atom stereocenters. The molecule has 5 nitrogen and oxygen atoms in total. The van der Waals surface area contributed by atoms with Crippen molar-refractivity contribution in [2.24, 2.45) is 10.9 Å². The van der Waals surface area contributed by atoms with Crippen LogP contribution in [0.15, 0.2) is 59.6 Å². The summed E-state index contributed by atoms with van der Waals surface area (Å²) in [7, 11) is 0. The topological polar surface area (TPSA) is 67.8 Å². The van der Waals surface area contributed by atoms with Crippen LogP contribution >= 0.6 is 0 Å². The SMILES string of the molecule is CCOC(=O)[C@H]1C(=O)NC(c2ccccc2)=N[C@H]1c1ccc(C)cc1. The molecule has 0 bridgehead atoms. The van der Waals surface area contributed by atoms with E-state index in [2.05, 4.69) is 10.3 Å². The Labute approximate surface area is 146 Å². The number of aliphatic imine (C=N–C) groups is 1. The Morgan fingerprint density at radius 2 is 1.80 bits per heavy atom. The molecule has 0 saturated heterocycles. The summed E-state index contributed by atoms with van der Waals surface area (Å²) in [6.45, 7) is 3.93. The van der Waals surface area contributed by atoms with Crippen LogP contribution in [-0.2, 0) is 14.3 Å². The highest BCUT2D eigenvalue weighted by Crippen LogP contribution is 2.31. The predicted molar refractivity (Wildman–Crippen MR) is 95.2 cm³/mol. The molecule has 1 N–H and O–H groups in total. The lowest BCUT2D eigenvalue weighted by molar-refractivity contribution is -0.153. The van der Waals surface area contributed by atoms with E-state index >= 15 is 0 Å². The van der Waals surface area contributed by atoms with Crippen molar-refractivity contribution < 1.29 is 14.3 Å². The van der Waals surface area contributed by atoms with E-state index in [1.54, 1.807) is 6.92 Å². The van der Waals surface area contributed by atoms with Gasteiger partial charge < -0.3 is 10.1 Å². The van der Waals surface area contributed by atoms with E-state index in [0.717, 1.165) is 16.7 Å². The van der Waals surface area contributed by atoms with Crippen molar-refractivity contribution in [2.75, 3.05) is 6.61 Å². The fraction of sp³-hybridized carbons (Fsp3) is 0.250. The number of amidine groups is 1. The second-order valence-corrected chi connectivity index (χ2v) is 5.92. The molecular weight excluding hydrogens is 316 g/mol. The number of carbonyl (C=O) groups excluding carboxylic acids is 2. The van der Waals surface area contributed by atoms with Crippen LogP contribution in [0.3, 0.4) is 0 Å². The van der Waals surface area contributed by atoms with E-state index < -0.39 is 23.8 Å². The lowest BCUT2D eigenvalue weighted by atomic mass is 9.90. The molecule has 0 spiro atoms. The average molecular weight is 336 g/mol. The highest BCUT2D eigenvalue weighted by molar-refractivity contribution is 6.14. The van der Waals surface area contributed by atoms with Gasteiger partial charge in [0.1, 0.15) is 5.84 Å². The number of nitrogens with one attached hydrogen (secondary N) is 1. The monoisotopic (exact) mass is 336 g/mol. The van der Waals surface area contributed by atoms with Crippen LogP contribution in [0.2, 0.25) is 0 Å². The second-order valence-electron chi connectivity index (χ2n) is 5.92. The van der Waals surface area contributed by atoms with Crippen LogP contribution in [0, 0.1) is 12.8 Å². The number of rotatable bonds is 4. The zero-order valence-corrected chi connectivity index (χ0v) is 14.2. The summed E-state index contributed by atoms with van der Waals surface area (Å²) >= 11 is 0. The molecule has 0 fully saturated rings. The second kappa shape index (κ2) is 7.30. The average Bonchev–Trinajstić information content (AvgIpc) is 2.62. The van der Waals surface area contributed by atoms with Crippen molar-refractivity contribution in [3.8, 4) is 0 Å². The summed E-state index contributed by atoms with van der Waals surface area (Å²) in [5.74, 6) is -1.47. The zero-order valence-electron chi connectivity index (χ0n) is 14.2. The molecule has 25 heavy (non-hydrogen) atoms. The Balaban J connectivity index is 2.05. The Morgan fingerprint density at radius 1 is 1.12 bits per heavy atom. The minimum atomic E-state index is -0.991. The lowest BCUT2D eigenvalue weighted by Crippen LogP contribution is -2.47. The van der Waals surface area contributed by atoms with E-state index in [4.69, 9.17) is 4.74 Å². The fourth-order valence-corrected chi connectivity index (χ4v) is 2.83. The van der Waals surface area contributed by atoms with Crippen LogP contribution in [0.25, 0.3) is 0 Å². The number of aryl methyl sites for hydroxylation is 1. The number of amides is 1. The molecule has 5 heteroatoms. The number of benzene rings is 2. The largest absolute Gasteiger partial charge is 0.465 e. The smallest absolute Gasteiger partial charge is 0.321 e. The van der Waals surface area contributed by atoms with Crippen molar-refractivity contribution >= 4 is 17.7 Å². The highest BCUT2D eigenvalue weighted by Gasteiger charge is 2.41. The van der Waals surface area contributed by atoms with Gasteiger partial charge in [0.25, 0.3) is 0 Å². The third-order valence-corrected chi connectivity index (χ3v) is 4.11.